The van der Waals surface area contributed by atoms with Crippen molar-refractivity contribution in [3.63, 3.8) is 0 Å². The van der Waals surface area contributed by atoms with E-state index < -0.39 is 5.91 Å². The number of carbonyl (C=O) groups is 1. The van der Waals surface area contributed by atoms with Crippen molar-refractivity contribution in [1.82, 2.24) is 19.7 Å². The largest absolute Gasteiger partial charge is 0.507 e. The third-order valence-corrected chi connectivity index (χ3v) is 4.94. The minimum Gasteiger partial charge on any atom is -0.507 e. The maximum absolute atomic E-state index is 11.7. The lowest BCUT2D eigenvalue weighted by Gasteiger charge is -2.15. The summed E-state index contributed by atoms with van der Waals surface area (Å²) < 4.78 is 7.18. The van der Waals surface area contributed by atoms with Crippen LogP contribution in [-0.4, -0.2) is 37.9 Å². The van der Waals surface area contributed by atoms with Gasteiger partial charge < -0.3 is 15.6 Å². The van der Waals surface area contributed by atoms with Crippen LogP contribution in [0.4, 0.5) is 0 Å². The molecule has 0 aliphatic carbocycles. The lowest BCUT2D eigenvalue weighted by atomic mass is 10.1. The summed E-state index contributed by atoms with van der Waals surface area (Å²) >= 11 is 0. The summed E-state index contributed by atoms with van der Waals surface area (Å²) in [5.41, 5.74) is 8.37. The zero-order valence-electron chi connectivity index (χ0n) is 16.7. The van der Waals surface area contributed by atoms with Crippen LogP contribution >= 0.6 is 0 Å². The van der Waals surface area contributed by atoms with Gasteiger partial charge in [-0.15, -0.1) is 10.2 Å². The van der Waals surface area contributed by atoms with E-state index in [2.05, 4.69) is 15.2 Å². The Bertz CT molecular complexity index is 1250. The molecule has 2 heterocycles. The van der Waals surface area contributed by atoms with E-state index in [0.717, 1.165) is 17.4 Å². The molecule has 0 aliphatic heterocycles. The summed E-state index contributed by atoms with van der Waals surface area (Å²) in [6.07, 6.45) is 2.38. The number of nitrogens with zero attached hydrogens (tertiary/aromatic N) is 4. The maximum atomic E-state index is 11.7. The van der Waals surface area contributed by atoms with Crippen LogP contribution in [-0.2, 0) is 17.6 Å². The molecule has 0 saturated heterocycles. The number of fused-ring (bicyclic) bond motifs is 1. The third kappa shape index (κ3) is 3.32. The number of rotatable bonds is 6. The van der Waals surface area contributed by atoms with Gasteiger partial charge in [-0.1, -0.05) is 13.0 Å². The van der Waals surface area contributed by atoms with Crippen molar-refractivity contribution >= 4 is 16.8 Å². The molecule has 4 rings (SSSR count). The van der Waals surface area contributed by atoms with Gasteiger partial charge in [-0.05, 0) is 48.4 Å². The van der Waals surface area contributed by atoms with Crippen molar-refractivity contribution in [2.45, 2.75) is 19.8 Å². The number of phenols is 1. The lowest BCUT2D eigenvalue weighted by Crippen LogP contribution is -2.17. The number of carbonyl (C=O) groups excluding carboxylic acids is 1. The highest BCUT2D eigenvalue weighted by atomic mass is 16.5. The molecule has 0 bridgehead atoms. The average molecular weight is 403 g/mol. The number of phenolic OH excluding ortho intramolecular Hbond substituents is 1. The molecule has 152 valence electrons. The molecule has 4 aromatic rings. The van der Waals surface area contributed by atoms with E-state index in [1.807, 2.05) is 37.3 Å². The third-order valence-electron chi connectivity index (χ3n) is 4.94. The zero-order valence-corrected chi connectivity index (χ0v) is 16.7. The molecule has 0 atom stereocenters. The normalized spacial score (nSPS) is 11.0. The molecule has 8 heteroatoms. The van der Waals surface area contributed by atoms with Crippen molar-refractivity contribution < 1.29 is 14.6 Å². The van der Waals surface area contributed by atoms with Gasteiger partial charge in [0.2, 0.25) is 5.91 Å². The Labute approximate surface area is 173 Å². The molecule has 0 fully saturated rings. The lowest BCUT2D eigenvalue weighted by molar-refractivity contribution is -0.117. The molecule has 3 N–H and O–H groups in total. The number of aromatic hydroxyl groups is 1. The van der Waals surface area contributed by atoms with E-state index in [-0.39, 0.29) is 12.2 Å². The highest BCUT2D eigenvalue weighted by Gasteiger charge is 2.22. The number of ether oxygens (including phenoxy) is 1. The molecule has 0 spiro atoms. The van der Waals surface area contributed by atoms with Crippen LogP contribution in [0.3, 0.4) is 0 Å². The summed E-state index contributed by atoms with van der Waals surface area (Å²) in [6, 6.07) is 12.7. The molecular formula is C22H21N5O3. The summed E-state index contributed by atoms with van der Waals surface area (Å²) in [7, 11) is 1.58. The molecule has 0 aliphatic rings. The van der Waals surface area contributed by atoms with Crippen LogP contribution in [0, 0.1) is 0 Å². The van der Waals surface area contributed by atoms with Gasteiger partial charge in [0.1, 0.15) is 22.8 Å². The van der Waals surface area contributed by atoms with Crippen molar-refractivity contribution in [1.29, 1.82) is 0 Å². The standard InChI is InChI=1S/C22H21N5O3/c1-3-13-6-8-17(28)15(11-13)22-26-25-20(12-19(23)29)27(22)16-7-9-18(30-2)21-14(16)5-4-10-24-21/h4-11,28H,3,12H2,1-2H3,(H2,23,29). The fourth-order valence-electron chi connectivity index (χ4n) is 3.49. The van der Waals surface area contributed by atoms with Crippen molar-refractivity contribution in [3.8, 4) is 28.6 Å². The number of nitrogens with two attached hydrogens (primary N) is 1. The first kappa shape index (κ1) is 19.4. The number of pyridine rings is 1. The molecule has 2 aromatic heterocycles. The van der Waals surface area contributed by atoms with Crippen molar-refractivity contribution in [2.24, 2.45) is 5.73 Å². The molecule has 0 saturated carbocycles. The SMILES string of the molecule is CCc1ccc(O)c(-c2nnc(CC(N)=O)n2-c2ccc(OC)c3ncccc23)c1. The Balaban J connectivity index is 2.04. The van der Waals surface area contributed by atoms with E-state index >= 15 is 0 Å². The highest BCUT2D eigenvalue weighted by molar-refractivity contribution is 5.92. The van der Waals surface area contributed by atoms with Gasteiger partial charge in [0.15, 0.2) is 5.82 Å². The number of amides is 1. The summed E-state index contributed by atoms with van der Waals surface area (Å²) in [4.78, 5) is 16.1. The Hall–Kier alpha value is -3.94. The van der Waals surface area contributed by atoms with Gasteiger partial charge in [0.05, 0.1) is 24.8 Å². The maximum Gasteiger partial charge on any atom is 0.225 e. The number of primary amides is 1. The number of benzene rings is 2. The minimum absolute atomic E-state index is 0.0717. The highest BCUT2D eigenvalue weighted by Crippen LogP contribution is 2.35. The van der Waals surface area contributed by atoms with Crippen molar-refractivity contribution in [2.75, 3.05) is 7.11 Å². The van der Waals surface area contributed by atoms with Crippen LogP contribution in [0.2, 0.25) is 0 Å². The Morgan fingerprint density at radius 2 is 2.03 bits per heavy atom. The second kappa shape index (κ2) is 7.82. The van der Waals surface area contributed by atoms with Crippen LogP contribution in [0.15, 0.2) is 48.7 Å². The number of aryl methyl sites for hydroxylation is 1. The van der Waals surface area contributed by atoms with Crippen LogP contribution in [0.5, 0.6) is 11.5 Å². The topological polar surface area (TPSA) is 116 Å². The predicted molar refractivity (Wildman–Crippen MR) is 113 cm³/mol. The molecule has 0 unspecified atom stereocenters. The molecule has 0 radical (unpaired) electrons. The summed E-state index contributed by atoms with van der Waals surface area (Å²) in [5, 5.41) is 19.8. The average Bonchev–Trinajstić information content (AvgIpc) is 3.15. The molecular weight excluding hydrogens is 382 g/mol. The first-order valence-electron chi connectivity index (χ1n) is 9.50. The van der Waals surface area contributed by atoms with Crippen molar-refractivity contribution in [3.05, 3.63) is 60.0 Å². The van der Waals surface area contributed by atoms with E-state index in [0.29, 0.717) is 34.2 Å². The molecule has 2 aromatic carbocycles. The van der Waals surface area contributed by atoms with Crippen LogP contribution in [0.1, 0.15) is 18.3 Å². The fraction of sp³-hybridized carbons (Fsp3) is 0.182. The van der Waals surface area contributed by atoms with E-state index in [1.54, 1.807) is 30.0 Å². The summed E-state index contributed by atoms with van der Waals surface area (Å²) in [5.74, 6) is 0.944. The number of methoxy groups -OCH3 is 1. The van der Waals surface area contributed by atoms with E-state index in [4.69, 9.17) is 10.5 Å². The van der Waals surface area contributed by atoms with Gasteiger partial charge in [-0.2, -0.15) is 0 Å². The van der Waals surface area contributed by atoms with Crippen LogP contribution < -0.4 is 10.5 Å². The summed E-state index contributed by atoms with van der Waals surface area (Å²) in [6.45, 7) is 2.03. The Morgan fingerprint density at radius 1 is 1.20 bits per heavy atom. The quantitative estimate of drug-likeness (QED) is 0.511. The van der Waals surface area contributed by atoms with Crippen LogP contribution in [0.25, 0.3) is 28.0 Å². The van der Waals surface area contributed by atoms with Gasteiger partial charge in [0, 0.05) is 11.6 Å². The number of hydrogen-bond acceptors (Lipinski definition) is 6. The molecule has 1 amide bonds. The number of aromatic nitrogens is 4. The second-order valence-corrected chi connectivity index (χ2v) is 6.81. The van der Waals surface area contributed by atoms with Gasteiger partial charge in [0.25, 0.3) is 0 Å². The Morgan fingerprint density at radius 3 is 2.77 bits per heavy atom. The number of hydrogen-bond donors (Lipinski definition) is 2. The minimum atomic E-state index is -0.530. The van der Waals surface area contributed by atoms with Gasteiger partial charge in [-0.3, -0.25) is 14.3 Å². The first-order chi connectivity index (χ1) is 14.5. The first-order valence-corrected chi connectivity index (χ1v) is 9.50. The molecule has 8 nitrogen and oxygen atoms in total. The predicted octanol–water partition coefficient (Wildman–Crippen LogP) is 2.79. The van der Waals surface area contributed by atoms with E-state index in [9.17, 15) is 9.90 Å². The molecule has 30 heavy (non-hydrogen) atoms. The fourth-order valence-corrected chi connectivity index (χ4v) is 3.49. The smallest absolute Gasteiger partial charge is 0.225 e. The second-order valence-electron chi connectivity index (χ2n) is 6.81. The monoisotopic (exact) mass is 403 g/mol. The Kier molecular flexibility index (Phi) is 5.05. The van der Waals surface area contributed by atoms with E-state index in [1.165, 1.54) is 0 Å². The zero-order chi connectivity index (χ0) is 21.3. The van der Waals surface area contributed by atoms with Gasteiger partial charge >= 0.3 is 0 Å². The van der Waals surface area contributed by atoms with Gasteiger partial charge in [-0.25, -0.2) is 0 Å².